The summed E-state index contributed by atoms with van der Waals surface area (Å²) in [5.74, 6) is -0.642. The van der Waals surface area contributed by atoms with Crippen molar-refractivity contribution in [2.24, 2.45) is 0 Å². The number of thioether (sulfide) groups is 1. The summed E-state index contributed by atoms with van der Waals surface area (Å²) in [6.07, 6.45) is -3.78. The topological polar surface area (TPSA) is 76.1 Å². The lowest BCUT2D eigenvalue weighted by molar-refractivity contribution is -0.274. The Kier molecular flexibility index (Phi) is 7.09. The Morgan fingerprint density at radius 1 is 1.31 bits per heavy atom. The smallest absolute Gasteiger partial charge is 0.406 e. The maximum Gasteiger partial charge on any atom is 0.573 e. The number of alkyl halides is 3. The zero-order valence-electron chi connectivity index (χ0n) is 14.0. The van der Waals surface area contributed by atoms with E-state index < -0.39 is 11.6 Å². The molecule has 1 aromatic heterocycles. The molecule has 0 spiro atoms. The number of anilines is 2. The summed E-state index contributed by atoms with van der Waals surface area (Å²) >= 11 is 2.61. The standard InChI is InChI=1S/C15H17F3N4O2S2/c1-3-8-19-13-21-22-14(26-13)25-9(2)12(23)20-10-4-6-11(7-5-10)24-15(16,17)18/h4-7,9H,3,8H2,1-2H3,(H,19,21)(H,20,23)/t9-/m1/s1. The number of benzene rings is 1. The monoisotopic (exact) mass is 406 g/mol. The van der Waals surface area contributed by atoms with Crippen LogP contribution in [0.15, 0.2) is 28.6 Å². The highest BCUT2D eigenvalue weighted by molar-refractivity contribution is 8.02. The second-order valence-corrected chi connectivity index (χ2v) is 7.69. The van der Waals surface area contributed by atoms with Crippen LogP contribution in [-0.2, 0) is 4.79 Å². The number of hydrogen-bond acceptors (Lipinski definition) is 7. The Hall–Kier alpha value is -2.01. The minimum atomic E-state index is -4.75. The van der Waals surface area contributed by atoms with Gasteiger partial charge in [0.05, 0.1) is 5.25 Å². The van der Waals surface area contributed by atoms with Crippen LogP contribution in [0.3, 0.4) is 0 Å². The van der Waals surface area contributed by atoms with Crippen molar-refractivity contribution in [3.63, 3.8) is 0 Å². The molecule has 0 unspecified atom stereocenters. The van der Waals surface area contributed by atoms with Gasteiger partial charge in [0.25, 0.3) is 0 Å². The third-order valence-electron chi connectivity index (χ3n) is 2.93. The van der Waals surface area contributed by atoms with Crippen LogP contribution in [0.4, 0.5) is 24.0 Å². The molecule has 0 aliphatic rings. The van der Waals surface area contributed by atoms with Crippen LogP contribution in [0.5, 0.6) is 5.75 Å². The third kappa shape index (κ3) is 6.71. The van der Waals surface area contributed by atoms with E-state index in [0.29, 0.717) is 15.2 Å². The first-order valence-electron chi connectivity index (χ1n) is 7.67. The van der Waals surface area contributed by atoms with E-state index in [4.69, 9.17) is 0 Å². The molecule has 1 atom stereocenters. The number of rotatable bonds is 8. The fourth-order valence-electron chi connectivity index (χ4n) is 1.75. The molecule has 2 aromatic rings. The van der Waals surface area contributed by atoms with Gasteiger partial charge in [-0.1, -0.05) is 30.0 Å². The summed E-state index contributed by atoms with van der Waals surface area (Å²) in [5, 5.41) is 14.0. The number of carbonyl (C=O) groups excluding carboxylic acids is 1. The number of aromatic nitrogens is 2. The van der Waals surface area contributed by atoms with Gasteiger partial charge >= 0.3 is 6.36 Å². The summed E-state index contributed by atoms with van der Waals surface area (Å²) in [6.45, 7) is 4.54. The molecule has 0 bridgehead atoms. The largest absolute Gasteiger partial charge is 0.573 e. The molecule has 6 nitrogen and oxygen atoms in total. The van der Waals surface area contributed by atoms with Crippen molar-refractivity contribution in [2.45, 2.75) is 36.2 Å². The lowest BCUT2D eigenvalue weighted by Gasteiger charge is -2.12. The molecule has 0 fully saturated rings. The lowest BCUT2D eigenvalue weighted by atomic mass is 10.3. The summed E-state index contributed by atoms with van der Waals surface area (Å²) in [5.41, 5.74) is 0.375. The molecule has 26 heavy (non-hydrogen) atoms. The first-order valence-corrected chi connectivity index (χ1v) is 9.37. The Morgan fingerprint density at radius 2 is 2.00 bits per heavy atom. The average molecular weight is 406 g/mol. The Labute approximate surface area is 156 Å². The highest BCUT2D eigenvalue weighted by Crippen LogP contribution is 2.30. The van der Waals surface area contributed by atoms with Gasteiger partial charge in [-0.2, -0.15) is 0 Å². The molecule has 142 valence electrons. The van der Waals surface area contributed by atoms with Gasteiger partial charge in [0.15, 0.2) is 4.34 Å². The predicted molar refractivity (Wildman–Crippen MR) is 95.8 cm³/mol. The zero-order valence-corrected chi connectivity index (χ0v) is 15.6. The Morgan fingerprint density at radius 3 is 2.62 bits per heavy atom. The Balaban J connectivity index is 1.87. The highest BCUT2D eigenvalue weighted by Gasteiger charge is 2.31. The number of carbonyl (C=O) groups is 1. The fourth-order valence-corrected chi connectivity index (χ4v) is 3.67. The SMILES string of the molecule is CCCNc1nnc(S[C@H](C)C(=O)Nc2ccc(OC(F)(F)F)cc2)s1. The van der Waals surface area contributed by atoms with E-state index in [1.807, 2.05) is 6.92 Å². The van der Waals surface area contributed by atoms with E-state index >= 15 is 0 Å². The minimum Gasteiger partial charge on any atom is -0.406 e. The lowest BCUT2D eigenvalue weighted by Crippen LogP contribution is -2.22. The molecule has 2 rings (SSSR count). The molecular weight excluding hydrogens is 389 g/mol. The van der Waals surface area contributed by atoms with Crippen molar-refractivity contribution in [3.8, 4) is 5.75 Å². The summed E-state index contributed by atoms with van der Waals surface area (Å²) in [6, 6.07) is 4.96. The van der Waals surface area contributed by atoms with E-state index in [2.05, 4.69) is 25.6 Å². The maximum atomic E-state index is 12.2. The van der Waals surface area contributed by atoms with Crippen molar-refractivity contribution >= 4 is 39.8 Å². The van der Waals surface area contributed by atoms with Gasteiger partial charge in [0.2, 0.25) is 11.0 Å². The number of ether oxygens (including phenoxy) is 1. The van der Waals surface area contributed by atoms with E-state index in [1.165, 1.54) is 35.2 Å². The van der Waals surface area contributed by atoms with Crippen molar-refractivity contribution in [1.29, 1.82) is 0 Å². The summed E-state index contributed by atoms with van der Waals surface area (Å²) < 4.78 is 40.8. The van der Waals surface area contributed by atoms with Gasteiger partial charge in [-0.25, -0.2) is 0 Å². The molecule has 0 saturated heterocycles. The van der Waals surface area contributed by atoms with E-state index in [1.54, 1.807) is 6.92 Å². The fraction of sp³-hybridized carbons (Fsp3) is 0.400. The van der Waals surface area contributed by atoms with Crippen LogP contribution in [0.2, 0.25) is 0 Å². The first kappa shape index (κ1) is 20.3. The first-order chi connectivity index (χ1) is 12.3. The van der Waals surface area contributed by atoms with Crippen molar-refractivity contribution in [3.05, 3.63) is 24.3 Å². The van der Waals surface area contributed by atoms with Gasteiger partial charge in [-0.15, -0.1) is 23.4 Å². The molecule has 0 radical (unpaired) electrons. The maximum absolute atomic E-state index is 12.2. The Bertz CT molecular complexity index is 722. The molecule has 1 aromatic carbocycles. The predicted octanol–water partition coefficient (Wildman–Crippen LogP) is 4.38. The van der Waals surface area contributed by atoms with Gasteiger partial charge in [-0.3, -0.25) is 4.79 Å². The van der Waals surface area contributed by atoms with E-state index in [-0.39, 0.29) is 11.7 Å². The van der Waals surface area contributed by atoms with E-state index in [9.17, 15) is 18.0 Å². The van der Waals surface area contributed by atoms with Crippen LogP contribution in [0.1, 0.15) is 20.3 Å². The average Bonchev–Trinajstić information content (AvgIpc) is 3.00. The van der Waals surface area contributed by atoms with Gasteiger partial charge in [0, 0.05) is 12.2 Å². The van der Waals surface area contributed by atoms with Crippen LogP contribution >= 0.6 is 23.1 Å². The number of nitrogens with one attached hydrogen (secondary N) is 2. The molecule has 0 aliphatic heterocycles. The zero-order chi connectivity index (χ0) is 19.2. The molecular formula is C15H17F3N4O2S2. The molecule has 1 amide bonds. The van der Waals surface area contributed by atoms with Gasteiger partial charge < -0.3 is 15.4 Å². The van der Waals surface area contributed by atoms with Crippen LogP contribution in [0.25, 0.3) is 0 Å². The summed E-state index contributed by atoms with van der Waals surface area (Å²) in [7, 11) is 0. The molecule has 0 saturated carbocycles. The summed E-state index contributed by atoms with van der Waals surface area (Å²) in [4.78, 5) is 12.2. The number of amides is 1. The van der Waals surface area contributed by atoms with Crippen LogP contribution in [-0.4, -0.2) is 34.3 Å². The molecule has 11 heteroatoms. The molecule has 2 N–H and O–H groups in total. The van der Waals surface area contributed by atoms with Crippen molar-refractivity contribution in [2.75, 3.05) is 17.2 Å². The van der Waals surface area contributed by atoms with E-state index in [0.717, 1.165) is 25.1 Å². The van der Waals surface area contributed by atoms with Gasteiger partial charge in [-0.05, 0) is 37.6 Å². The van der Waals surface area contributed by atoms with Crippen LogP contribution in [0, 0.1) is 0 Å². The van der Waals surface area contributed by atoms with Crippen LogP contribution < -0.4 is 15.4 Å². The number of hydrogen-bond donors (Lipinski definition) is 2. The van der Waals surface area contributed by atoms with Gasteiger partial charge in [0.1, 0.15) is 5.75 Å². The number of nitrogens with zero attached hydrogens (tertiary/aromatic N) is 2. The molecule has 0 aliphatic carbocycles. The quantitative estimate of drug-likeness (QED) is 0.634. The second-order valence-electron chi connectivity index (χ2n) is 5.12. The van der Waals surface area contributed by atoms with Crippen molar-refractivity contribution in [1.82, 2.24) is 10.2 Å². The second kappa shape index (κ2) is 9.08. The highest BCUT2D eigenvalue weighted by atomic mass is 32.2. The number of halogens is 3. The normalized spacial score (nSPS) is 12.5. The third-order valence-corrected chi connectivity index (χ3v) is 5.00. The molecule has 1 heterocycles. The van der Waals surface area contributed by atoms with Crippen molar-refractivity contribution < 1.29 is 22.7 Å². The minimum absolute atomic E-state index is 0.294.